The molecule has 2 aromatic rings. The normalized spacial score (nSPS) is 12.6. The molecule has 0 spiro atoms. The Morgan fingerprint density at radius 2 is 1.90 bits per heavy atom. The third kappa shape index (κ3) is 4.17. The van der Waals surface area contributed by atoms with Crippen molar-refractivity contribution in [3.63, 3.8) is 0 Å². The van der Waals surface area contributed by atoms with E-state index in [-0.39, 0.29) is 0 Å². The first kappa shape index (κ1) is 16.2. The van der Waals surface area contributed by atoms with Gasteiger partial charge in [-0.3, -0.25) is 4.68 Å². The largest absolute Gasteiger partial charge is 0.309 e. The van der Waals surface area contributed by atoms with Crippen molar-refractivity contribution in [2.75, 3.05) is 6.54 Å². The molecule has 21 heavy (non-hydrogen) atoms. The van der Waals surface area contributed by atoms with Crippen LogP contribution in [0.4, 0.5) is 0 Å². The molecule has 1 aromatic heterocycles. The van der Waals surface area contributed by atoms with E-state index in [9.17, 15) is 0 Å². The van der Waals surface area contributed by atoms with Crippen LogP contribution in [0.5, 0.6) is 0 Å². The third-order valence-corrected chi connectivity index (χ3v) is 4.21. The van der Waals surface area contributed by atoms with E-state index in [1.165, 1.54) is 17.0 Å². The summed E-state index contributed by atoms with van der Waals surface area (Å²) in [6.07, 6.45) is 1.97. The second kappa shape index (κ2) is 7.76. The van der Waals surface area contributed by atoms with Gasteiger partial charge in [-0.05, 0) is 50.1 Å². The minimum absolute atomic E-state index is 0.309. The van der Waals surface area contributed by atoms with E-state index in [1.54, 1.807) is 0 Å². The number of hydrogen-bond acceptors (Lipinski definition) is 2. The highest BCUT2D eigenvalue weighted by Gasteiger charge is 2.17. The molecular formula is C17H24BrN3. The summed E-state index contributed by atoms with van der Waals surface area (Å²) in [5.41, 5.74) is 3.80. The second-order valence-corrected chi connectivity index (χ2v) is 6.09. The van der Waals surface area contributed by atoms with Crippen LogP contribution < -0.4 is 5.32 Å². The smallest absolute Gasteiger partial charge is 0.0625 e. The van der Waals surface area contributed by atoms with E-state index in [2.05, 4.69) is 82.1 Å². The van der Waals surface area contributed by atoms with Crippen molar-refractivity contribution in [3.8, 4) is 0 Å². The molecule has 0 aliphatic carbocycles. The molecule has 3 nitrogen and oxygen atoms in total. The van der Waals surface area contributed by atoms with Gasteiger partial charge in [0.2, 0.25) is 0 Å². The molecule has 0 aliphatic rings. The van der Waals surface area contributed by atoms with E-state index in [0.717, 1.165) is 30.4 Å². The molecule has 114 valence electrons. The lowest BCUT2D eigenvalue weighted by molar-refractivity contribution is 0.489. The maximum atomic E-state index is 4.68. The molecule has 1 heterocycles. The first-order valence-electron chi connectivity index (χ1n) is 7.72. The molecule has 0 aliphatic heterocycles. The van der Waals surface area contributed by atoms with Crippen LogP contribution in [0.25, 0.3) is 0 Å². The summed E-state index contributed by atoms with van der Waals surface area (Å²) in [6.45, 7) is 8.33. The van der Waals surface area contributed by atoms with Gasteiger partial charge in [-0.25, -0.2) is 0 Å². The van der Waals surface area contributed by atoms with Gasteiger partial charge < -0.3 is 5.32 Å². The van der Waals surface area contributed by atoms with Gasteiger partial charge in [-0.15, -0.1) is 0 Å². The molecule has 4 heteroatoms. The van der Waals surface area contributed by atoms with Crippen molar-refractivity contribution in [2.24, 2.45) is 0 Å². The average molecular weight is 350 g/mol. The van der Waals surface area contributed by atoms with E-state index < -0.39 is 0 Å². The zero-order valence-corrected chi connectivity index (χ0v) is 14.7. The van der Waals surface area contributed by atoms with Gasteiger partial charge in [0.1, 0.15) is 0 Å². The fourth-order valence-electron chi connectivity index (χ4n) is 2.58. The Kier molecular flexibility index (Phi) is 6.00. The SMILES string of the molecule is CCNC(Cc1ccc(Br)cc1)c1cc(CC)nn1CC. The number of aromatic nitrogens is 2. The van der Waals surface area contributed by atoms with Crippen LogP contribution in [0, 0.1) is 0 Å². The van der Waals surface area contributed by atoms with Crippen molar-refractivity contribution in [1.82, 2.24) is 15.1 Å². The predicted molar refractivity (Wildman–Crippen MR) is 91.5 cm³/mol. The molecule has 1 unspecified atom stereocenters. The molecule has 0 fully saturated rings. The highest BCUT2D eigenvalue weighted by molar-refractivity contribution is 9.10. The monoisotopic (exact) mass is 349 g/mol. The Bertz CT molecular complexity index is 560. The quantitative estimate of drug-likeness (QED) is 0.814. The molecule has 1 atom stereocenters. The van der Waals surface area contributed by atoms with Crippen LogP contribution in [0.3, 0.4) is 0 Å². The first-order chi connectivity index (χ1) is 10.2. The fourth-order valence-corrected chi connectivity index (χ4v) is 2.84. The van der Waals surface area contributed by atoms with E-state index in [4.69, 9.17) is 0 Å². The van der Waals surface area contributed by atoms with Gasteiger partial charge in [0, 0.05) is 11.0 Å². The number of halogens is 1. The first-order valence-corrected chi connectivity index (χ1v) is 8.51. The number of nitrogens with one attached hydrogen (secondary N) is 1. The van der Waals surface area contributed by atoms with E-state index >= 15 is 0 Å². The Balaban J connectivity index is 2.25. The second-order valence-electron chi connectivity index (χ2n) is 5.17. The van der Waals surface area contributed by atoms with Gasteiger partial charge >= 0.3 is 0 Å². The van der Waals surface area contributed by atoms with Crippen LogP contribution in [-0.4, -0.2) is 16.3 Å². The predicted octanol–water partition coefficient (Wildman–Crippen LogP) is 4.12. The average Bonchev–Trinajstić information content (AvgIpc) is 2.92. The molecular weight excluding hydrogens is 326 g/mol. The number of benzene rings is 1. The van der Waals surface area contributed by atoms with Crippen molar-refractivity contribution in [3.05, 3.63) is 51.8 Å². The van der Waals surface area contributed by atoms with Crippen LogP contribution >= 0.6 is 15.9 Å². The van der Waals surface area contributed by atoms with Gasteiger partial charge in [0.25, 0.3) is 0 Å². The summed E-state index contributed by atoms with van der Waals surface area (Å²) in [5.74, 6) is 0. The Hall–Kier alpha value is -1.13. The van der Waals surface area contributed by atoms with Gasteiger partial charge in [0.15, 0.2) is 0 Å². The highest BCUT2D eigenvalue weighted by atomic mass is 79.9. The fraction of sp³-hybridized carbons (Fsp3) is 0.471. The molecule has 0 bridgehead atoms. The number of hydrogen-bond donors (Lipinski definition) is 1. The van der Waals surface area contributed by atoms with Gasteiger partial charge in [-0.1, -0.05) is 41.9 Å². The topological polar surface area (TPSA) is 29.9 Å². The summed E-state index contributed by atoms with van der Waals surface area (Å²) in [4.78, 5) is 0. The summed E-state index contributed by atoms with van der Waals surface area (Å²) in [7, 11) is 0. The lowest BCUT2D eigenvalue weighted by atomic mass is 10.0. The minimum Gasteiger partial charge on any atom is -0.309 e. The summed E-state index contributed by atoms with van der Waals surface area (Å²) in [5, 5.41) is 8.28. The maximum Gasteiger partial charge on any atom is 0.0625 e. The standard InChI is InChI=1S/C17H24BrN3/c1-4-15-12-17(21(6-3)20-15)16(19-5-2)11-13-7-9-14(18)10-8-13/h7-10,12,16,19H,4-6,11H2,1-3H3. The molecule has 0 saturated heterocycles. The number of nitrogens with zero attached hydrogens (tertiary/aromatic N) is 2. The highest BCUT2D eigenvalue weighted by Crippen LogP contribution is 2.21. The van der Waals surface area contributed by atoms with Crippen molar-refractivity contribution >= 4 is 15.9 Å². The van der Waals surface area contributed by atoms with Crippen LogP contribution in [-0.2, 0) is 19.4 Å². The number of likely N-dealkylation sites (N-methyl/N-ethyl adjacent to an activating group) is 1. The van der Waals surface area contributed by atoms with Crippen molar-refractivity contribution < 1.29 is 0 Å². The molecule has 1 aromatic carbocycles. The lowest BCUT2D eigenvalue weighted by Crippen LogP contribution is -2.25. The Morgan fingerprint density at radius 1 is 1.19 bits per heavy atom. The van der Waals surface area contributed by atoms with Crippen LogP contribution in [0.1, 0.15) is 43.8 Å². The Morgan fingerprint density at radius 3 is 2.48 bits per heavy atom. The zero-order valence-electron chi connectivity index (χ0n) is 13.1. The lowest BCUT2D eigenvalue weighted by Gasteiger charge is -2.19. The van der Waals surface area contributed by atoms with Crippen LogP contribution in [0.15, 0.2) is 34.8 Å². The number of aryl methyl sites for hydroxylation is 2. The van der Waals surface area contributed by atoms with Crippen LogP contribution in [0.2, 0.25) is 0 Å². The van der Waals surface area contributed by atoms with Crippen molar-refractivity contribution in [2.45, 2.75) is 46.2 Å². The molecule has 2 rings (SSSR count). The zero-order chi connectivity index (χ0) is 15.2. The third-order valence-electron chi connectivity index (χ3n) is 3.68. The maximum absolute atomic E-state index is 4.68. The van der Waals surface area contributed by atoms with E-state index in [1.807, 2.05) is 0 Å². The summed E-state index contributed by atoms with van der Waals surface area (Å²) >= 11 is 3.49. The molecule has 0 saturated carbocycles. The summed E-state index contributed by atoms with van der Waals surface area (Å²) in [6, 6.07) is 11.1. The summed E-state index contributed by atoms with van der Waals surface area (Å²) < 4.78 is 3.25. The minimum atomic E-state index is 0.309. The molecule has 0 radical (unpaired) electrons. The molecule has 1 N–H and O–H groups in total. The Labute approximate surface area is 135 Å². The van der Waals surface area contributed by atoms with Gasteiger partial charge in [-0.2, -0.15) is 5.10 Å². The van der Waals surface area contributed by atoms with E-state index in [0.29, 0.717) is 6.04 Å². The van der Waals surface area contributed by atoms with Crippen molar-refractivity contribution in [1.29, 1.82) is 0 Å². The number of rotatable bonds is 7. The van der Waals surface area contributed by atoms with Gasteiger partial charge in [0.05, 0.1) is 17.4 Å². The molecule has 0 amide bonds.